The number of fused-ring (bicyclic) bond motifs is 4. The van der Waals surface area contributed by atoms with Gasteiger partial charge in [0.25, 0.3) is 5.91 Å². The zero-order valence-corrected chi connectivity index (χ0v) is 22.5. The highest BCUT2D eigenvalue weighted by Gasteiger charge is 2.34. The Hall–Kier alpha value is -4.35. The zero-order valence-electron chi connectivity index (χ0n) is 22.5. The number of amides is 1. The van der Waals surface area contributed by atoms with Crippen LogP contribution in [0.15, 0.2) is 77.1 Å². The van der Waals surface area contributed by atoms with Crippen LogP contribution in [0.25, 0.3) is 22.0 Å². The van der Waals surface area contributed by atoms with Crippen LogP contribution in [0.3, 0.4) is 0 Å². The molecule has 2 bridgehead atoms. The van der Waals surface area contributed by atoms with Crippen molar-refractivity contribution in [3.8, 4) is 11.3 Å². The molecule has 3 aromatic rings. The van der Waals surface area contributed by atoms with Crippen LogP contribution < -0.4 is 27.2 Å². The highest BCUT2D eigenvalue weighted by molar-refractivity contribution is 6.04. The molecule has 0 saturated carbocycles. The normalized spacial score (nSPS) is 20.8. The SMILES string of the molecule is C=C(F)C(=O)Nc1ccc2c(-c3ccccc3CN=C(NNC)NC(N)=N[C@H]3CN4CCC3CC4)nccc2c1. The molecule has 0 radical (unpaired) electrons. The smallest absolute Gasteiger partial charge is 0.283 e. The summed E-state index contributed by atoms with van der Waals surface area (Å²) in [6.07, 6.45) is 4.04. The summed E-state index contributed by atoms with van der Waals surface area (Å²) in [4.78, 5) is 28.3. The first-order chi connectivity index (χ1) is 19.4. The van der Waals surface area contributed by atoms with Gasteiger partial charge in [0.2, 0.25) is 5.96 Å². The van der Waals surface area contributed by atoms with Crippen LogP contribution in [-0.2, 0) is 11.3 Å². The second-order valence-corrected chi connectivity index (χ2v) is 10.00. The number of benzene rings is 2. The molecule has 6 rings (SSSR count). The highest BCUT2D eigenvalue weighted by atomic mass is 19.1. The van der Waals surface area contributed by atoms with E-state index in [0.29, 0.717) is 30.1 Å². The summed E-state index contributed by atoms with van der Waals surface area (Å²) >= 11 is 0. The Morgan fingerprint density at radius 1 is 1.20 bits per heavy atom. The van der Waals surface area contributed by atoms with Crippen LogP contribution >= 0.6 is 0 Å². The van der Waals surface area contributed by atoms with Crippen molar-refractivity contribution in [1.29, 1.82) is 0 Å². The van der Waals surface area contributed by atoms with E-state index in [9.17, 15) is 9.18 Å². The number of guanidine groups is 2. The number of aliphatic imine (C=N–C) groups is 2. The number of rotatable bonds is 7. The number of hydrogen-bond donors (Lipinski definition) is 5. The summed E-state index contributed by atoms with van der Waals surface area (Å²) in [7, 11) is 1.76. The van der Waals surface area contributed by atoms with Crippen LogP contribution in [0.5, 0.6) is 0 Å². The number of nitrogens with one attached hydrogen (secondary N) is 4. The largest absolute Gasteiger partial charge is 0.370 e. The number of anilines is 1. The minimum Gasteiger partial charge on any atom is -0.370 e. The van der Waals surface area contributed by atoms with Crippen LogP contribution in [0, 0.1) is 5.92 Å². The average molecular weight is 544 g/mol. The Kier molecular flexibility index (Phi) is 8.32. The molecular formula is C29H34FN9O. The number of aromatic nitrogens is 1. The second-order valence-electron chi connectivity index (χ2n) is 10.00. The van der Waals surface area contributed by atoms with E-state index in [0.717, 1.165) is 47.2 Å². The molecule has 3 saturated heterocycles. The molecule has 0 unspecified atom stereocenters. The van der Waals surface area contributed by atoms with Gasteiger partial charge in [0, 0.05) is 36.4 Å². The van der Waals surface area contributed by atoms with Gasteiger partial charge < -0.3 is 16.0 Å². The van der Waals surface area contributed by atoms with Crippen molar-refractivity contribution < 1.29 is 9.18 Å². The minimum absolute atomic E-state index is 0.202. The first kappa shape index (κ1) is 27.2. The summed E-state index contributed by atoms with van der Waals surface area (Å²) in [5, 5.41) is 7.35. The maximum absolute atomic E-state index is 13.2. The first-order valence-corrected chi connectivity index (χ1v) is 13.3. The molecule has 11 heteroatoms. The van der Waals surface area contributed by atoms with Crippen molar-refractivity contribution in [2.24, 2.45) is 21.6 Å². The number of pyridine rings is 1. The van der Waals surface area contributed by atoms with Crippen LogP contribution in [0.2, 0.25) is 0 Å². The fraction of sp³-hybridized carbons (Fsp3) is 0.310. The molecular weight excluding hydrogens is 509 g/mol. The quantitative estimate of drug-likeness (QED) is 0.134. The van der Waals surface area contributed by atoms with Crippen molar-refractivity contribution in [2.75, 3.05) is 32.0 Å². The van der Waals surface area contributed by atoms with E-state index in [2.05, 4.69) is 37.9 Å². The number of hydrogen-bond acceptors (Lipinski definition) is 6. The fourth-order valence-corrected chi connectivity index (χ4v) is 5.36. The summed E-state index contributed by atoms with van der Waals surface area (Å²) < 4.78 is 13.2. The topological polar surface area (TPSA) is 132 Å². The second kappa shape index (κ2) is 12.2. The molecule has 3 fully saturated rings. The molecule has 3 aliphatic rings. The standard InChI is InChI=1S/C29H34FN9O/c1-18(30)27(40)35-22-7-8-24-20(15-22)9-12-33-26(24)23-6-4-3-5-21(23)16-34-29(38-32-2)37-28(31)36-25-17-39-13-10-19(25)11-14-39/h3-9,12,15,19,25,32H,1,10-11,13-14,16-17H2,2H3,(H,35,40)(H4,31,34,36,37,38)/t25-/m0/s1. The maximum atomic E-state index is 13.2. The molecule has 1 atom stereocenters. The van der Waals surface area contributed by atoms with Crippen molar-refractivity contribution in [1.82, 2.24) is 26.1 Å². The molecule has 4 heterocycles. The fourth-order valence-electron chi connectivity index (χ4n) is 5.36. The summed E-state index contributed by atoms with van der Waals surface area (Å²) in [5.41, 5.74) is 15.3. The Morgan fingerprint density at radius 3 is 2.73 bits per heavy atom. The molecule has 40 heavy (non-hydrogen) atoms. The first-order valence-electron chi connectivity index (χ1n) is 13.3. The van der Waals surface area contributed by atoms with Gasteiger partial charge in [0.05, 0.1) is 18.3 Å². The van der Waals surface area contributed by atoms with Gasteiger partial charge in [-0.15, -0.1) is 0 Å². The van der Waals surface area contributed by atoms with Gasteiger partial charge in [0.1, 0.15) is 0 Å². The van der Waals surface area contributed by atoms with Gasteiger partial charge in [0.15, 0.2) is 11.8 Å². The predicted molar refractivity (Wildman–Crippen MR) is 157 cm³/mol. The lowest BCUT2D eigenvalue weighted by atomic mass is 9.84. The number of piperidine rings is 3. The van der Waals surface area contributed by atoms with E-state index in [4.69, 9.17) is 15.7 Å². The zero-order chi connectivity index (χ0) is 28.1. The Bertz CT molecular complexity index is 1460. The van der Waals surface area contributed by atoms with E-state index in [1.807, 2.05) is 36.4 Å². The van der Waals surface area contributed by atoms with Crippen molar-refractivity contribution in [2.45, 2.75) is 25.4 Å². The van der Waals surface area contributed by atoms with E-state index < -0.39 is 11.7 Å². The third-order valence-electron chi connectivity index (χ3n) is 7.37. The van der Waals surface area contributed by atoms with E-state index >= 15 is 0 Å². The molecule has 1 amide bonds. The summed E-state index contributed by atoms with van der Waals surface area (Å²) in [5.74, 6) is -0.535. The summed E-state index contributed by atoms with van der Waals surface area (Å²) in [6.45, 7) is 6.64. The van der Waals surface area contributed by atoms with E-state index in [1.54, 1.807) is 25.4 Å². The molecule has 0 spiro atoms. The van der Waals surface area contributed by atoms with Crippen molar-refractivity contribution >= 4 is 34.3 Å². The lowest BCUT2D eigenvalue weighted by Gasteiger charge is -2.43. The van der Waals surface area contributed by atoms with Gasteiger partial charge >= 0.3 is 0 Å². The molecule has 6 N–H and O–H groups in total. The molecule has 10 nitrogen and oxygen atoms in total. The summed E-state index contributed by atoms with van der Waals surface area (Å²) in [6, 6.07) is 15.3. The Morgan fingerprint density at radius 2 is 2.00 bits per heavy atom. The van der Waals surface area contributed by atoms with E-state index in [1.165, 1.54) is 12.8 Å². The lowest BCUT2D eigenvalue weighted by molar-refractivity contribution is -0.114. The van der Waals surface area contributed by atoms with Gasteiger partial charge in [-0.2, -0.15) is 0 Å². The third kappa shape index (κ3) is 6.27. The van der Waals surface area contributed by atoms with Crippen molar-refractivity contribution in [3.63, 3.8) is 0 Å². The number of nitrogens with two attached hydrogens (primary N) is 1. The number of carbonyl (C=O) groups excluding carboxylic acids is 1. The lowest BCUT2D eigenvalue weighted by Crippen LogP contribution is -2.52. The number of carbonyl (C=O) groups is 1. The number of nitrogens with zero attached hydrogens (tertiary/aromatic N) is 4. The third-order valence-corrected chi connectivity index (χ3v) is 7.37. The Balaban J connectivity index is 1.37. The predicted octanol–water partition coefficient (Wildman–Crippen LogP) is 2.90. The Labute approximate surface area is 232 Å². The van der Waals surface area contributed by atoms with Gasteiger partial charge in [-0.25, -0.2) is 19.8 Å². The number of halogens is 1. The molecule has 1 aromatic heterocycles. The van der Waals surface area contributed by atoms with Crippen LogP contribution in [-0.4, -0.2) is 60.4 Å². The molecule has 3 aliphatic heterocycles. The maximum Gasteiger partial charge on any atom is 0.283 e. The molecule has 208 valence electrons. The van der Waals surface area contributed by atoms with Crippen LogP contribution in [0.4, 0.5) is 10.1 Å². The van der Waals surface area contributed by atoms with E-state index in [-0.39, 0.29) is 6.04 Å². The highest BCUT2D eigenvalue weighted by Crippen LogP contribution is 2.31. The minimum atomic E-state index is -1.04. The molecule has 0 aliphatic carbocycles. The van der Waals surface area contributed by atoms with Crippen LogP contribution in [0.1, 0.15) is 18.4 Å². The van der Waals surface area contributed by atoms with Crippen molar-refractivity contribution in [3.05, 3.63) is 72.7 Å². The van der Waals surface area contributed by atoms with Gasteiger partial charge in [-0.1, -0.05) is 36.9 Å². The molecule has 2 aromatic carbocycles. The average Bonchev–Trinajstić information content (AvgIpc) is 2.96. The van der Waals surface area contributed by atoms with Gasteiger partial charge in [-0.05, 0) is 61.0 Å². The monoisotopic (exact) mass is 543 g/mol. The number of hydrazine groups is 1. The van der Waals surface area contributed by atoms with Gasteiger partial charge in [-0.3, -0.25) is 20.5 Å².